The van der Waals surface area contributed by atoms with Gasteiger partial charge in [-0.3, -0.25) is 9.59 Å². The van der Waals surface area contributed by atoms with Crippen molar-refractivity contribution in [3.05, 3.63) is 23.8 Å². The Morgan fingerprint density at radius 2 is 1.61 bits per heavy atom. The molecule has 0 unspecified atom stereocenters. The van der Waals surface area contributed by atoms with Crippen LogP contribution in [0.25, 0.3) is 0 Å². The molecule has 33 heavy (non-hydrogen) atoms. The number of ether oxygens (including phenoxy) is 2. The minimum atomic E-state index is -0.405. The summed E-state index contributed by atoms with van der Waals surface area (Å²) in [5.41, 5.74) is 11.0. The molecule has 0 saturated heterocycles. The molecule has 2 saturated carbocycles. The SMILES string of the molecule is COc1ccc(CC(=O)N=C(N)N)cc1OC.O=C(CCC1CCCCC1)NC1CCCC1. The van der Waals surface area contributed by atoms with Crippen molar-refractivity contribution < 1.29 is 19.1 Å². The molecule has 0 aromatic heterocycles. The molecule has 184 valence electrons. The Labute approximate surface area is 197 Å². The van der Waals surface area contributed by atoms with E-state index in [1.54, 1.807) is 25.3 Å². The van der Waals surface area contributed by atoms with Gasteiger partial charge in [-0.25, -0.2) is 0 Å². The van der Waals surface area contributed by atoms with E-state index in [-0.39, 0.29) is 12.4 Å². The average Bonchev–Trinajstić information content (AvgIpc) is 3.31. The molecule has 2 fully saturated rings. The third-order valence-electron chi connectivity index (χ3n) is 6.28. The maximum atomic E-state index is 11.7. The summed E-state index contributed by atoms with van der Waals surface area (Å²) in [7, 11) is 3.07. The Morgan fingerprint density at radius 3 is 2.21 bits per heavy atom. The number of nitrogens with one attached hydrogen (secondary N) is 1. The number of nitrogens with zero attached hydrogens (tertiary/aromatic N) is 1. The highest BCUT2D eigenvalue weighted by Gasteiger charge is 2.19. The lowest BCUT2D eigenvalue weighted by atomic mass is 9.86. The van der Waals surface area contributed by atoms with Crippen LogP contribution >= 0.6 is 0 Å². The molecule has 5 N–H and O–H groups in total. The highest BCUT2D eigenvalue weighted by Crippen LogP contribution is 2.28. The van der Waals surface area contributed by atoms with E-state index in [1.165, 1.54) is 64.9 Å². The second-order valence-electron chi connectivity index (χ2n) is 8.89. The highest BCUT2D eigenvalue weighted by molar-refractivity contribution is 5.92. The number of amides is 2. The van der Waals surface area contributed by atoms with Gasteiger partial charge in [0.1, 0.15) is 0 Å². The van der Waals surface area contributed by atoms with Crippen molar-refractivity contribution in [1.82, 2.24) is 5.32 Å². The second kappa shape index (κ2) is 14.4. The summed E-state index contributed by atoms with van der Waals surface area (Å²) >= 11 is 0. The molecule has 0 spiro atoms. The fraction of sp³-hybridized carbons (Fsp3) is 0.640. The maximum Gasteiger partial charge on any atom is 0.253 e. The van der Waals surface area contributed by atoms with Crippen molar-refractivity contribution >= 4 is 17.8 Å². The Balaban J connectivity index is 0.000000234. The van der Waals surface area contributed by atoms with Crippen LogP contribution < -0.4 is 26.3 Å². The van der Waals surface area contributed by atoms with E-state index in [2.05, 4.69) is 10.3 Å². The van der Waals surface area contributed by atoms with Crippen molar-refractivity contribution in [2.45, 2.75) is 83.1 Å². The molecule has 2 aliphatic rings. The molecule has 3 rings (SSSR count). The lowest BCUT2D eigenvalue weighted by molar-refractivity contribution is -0.122. The summed E-state index contributed by atoms with van der Waals surface area (Å²) in [5, 5.41) is 3.18. The van der Waals surface area contributed by atoms with Crippen LogP contribution in [0.5, 0.6) is 11.5 Å². The van der Waals surface area contributed by atoms with Crippen LogP contribution in [-0.4, -0.2) is 38.0 Å². The zero-order valence-electron chi connectivity index (χ0n) is 20.1. The quantitative estimate of drug-likeness (QED) is 0.402. The summed E-state index contributed by atoms with van der Waals surface area (Å²) in [6.07, 6.45) is 13.9. The van der Waals surface area contributed by atoms with Gasteiger partial charge in [0.25, 0.3) is 5.91 Å². The molecule has 0 heterocycles. The van der Waals surface area contributed by atoms with Gasteiger partial charge in [0.15, 0.2) is 17.5 Å². The molecule has 1 aromatic rings. The predicted octanol–water partition coefficient (Wildman–Crippen LogP) is 3.45. The van der Waals surface area contributed by atoms with Crippen molar-refractivity contribution in [2.24, 2.45) is 22.4 Å². The first-order valence-corrected chi connectivity index (χ1v) is 12.0. The summed E-state index contributed by atoms with van der Waals surface area (Å²) < 4.78 is 10.2. The lowest BCUT2D eigenvalue weighted by Crippen LogP contribution is -2.32. The minimum absolute atomic E-state index is 0.109. The number of carbonyl (C=O) groups excluding carboxylic acids is 2. The number of methoxy groups -OCH3 is 2. The topological polar surface area (TPSA) is 129 Å². The second-order valence-corrected chi connectivity index (χ2v) is 8.89. The highest BCUT2D eigenvalue weighted by atomic mass is 16.5. The molecule has 8 heteroatoms. The number of carbonyl (C=O) groups is 2. The van der Waals surface area contributed by atoms with Gasteiger partial charge in [-0.1, -0.05) is 51.0 Å². The summed E-state index contributed by atoms with van der Waals surface area (Å²) in [4.78, 5) is 26.5. The molecule has 8 nitrogen and oxygen atoms in total. The number of aliphatic imine (C=N–C) groups is 1. The van der Waals surface area contributed by atoms with Crippen molar-refractivity contribution in [3.8, 4) is 11.5 Å². The molecule has 0 bridgehead atoms. The minimum Gasteiger partial charge on any atom is -0.493 e. The Kier molecular flexibility index (Phi) is 11.6. The zero-order valence-corrected chi connectivity index (χ0v) is 20.1. The Bertz CT molecular complexity index is 781. The van der Waals surface area contributed by atoms with Crippen molar-refractivity contribution in [2.75, 3.05) is 14.2 Å². The van der Waals surface area contributed by atoms with Gasteiger partial charge in [0.2, 0.25) is 5.91 Å². The number of rotatable bonds is 8. The number of hydrogen-bond donors (Lipinski definition) is 3. The summed E-state index contributed by atoms with van der Waals surface area (Å²) in [5.74, 6) is 1.65. The largest absolute Gasteiger partial charge is 0.493 e. The van der Waals surface area contributed by atoms with E-state index in [1.807, 2.05) is 0 Å². The predicted molar refractivity (Wildman–Crippen MR) is 130 cm³/mol. The van der Waals surface area contributed by atoms with Crippen molar-refractivity contribution in [3.63, 3.8) is 0 Å². The molecule has 2 amide bonds. The van der Waals surface area contributed by atoms with Crippen LogP contribution in [0.1, 0.15) is 76.2 Å². The monoisotopic (exact) mass is 460 g/mol. The zero-order chi connectivity index (χ0) is 24.1. The lowest BCUT2D eigenvalue weighted by Gasteiger charge is -2.21. The van der Waals surface area contributed by atoms with Crippen LogP contribution in [-0.2, 0) is 16.0 Å². The van der Waals surface area contributed by atoms with Crippen LogP contribution in [0.15, 0.2) is 23.2 Å². The van der Waals surface area contributed by atoms with Crippen LogP contribution in [0, 0.1) is 5.92 Å². The van der Waals surface area contributed by atoms with Gasteiger partial charge in [-0.15, -0.1) is 0 Å². The van der Waals surface area contributed by atoms with E-state index >= 15 is 0 Å². The summed E-state index contributed by atoms with van der Waals surface area (Å²) in [6, 6.07) is 5.68. The molecule has 0 aliphatic heterocycles. The number of hydrogen-bond acceptors (Lipinski definition) is 4. The smallest absolute Gasteiger partial charge is 0.253 e. The van der Waals surface area contributed by atoms with Gasteiger partial charge < -0.3 is 26.3 Å². The van der Waals surface area contributed by atoms with Gasteiger partial charge in [-0.05, 0) is 42.9 Å². The first-order valence-electron chi connectivity index (χ1n) is 12.0. The fourth-order valence-corrected chi connectivity index (χ4v) is 4.53. The molecule has 1 aromatic carbocycles. The van der Waals surface area contributed by atoms with Crippen LogP contribution in [0.2, 0.25) is 0 Å². The molecule has 0 radical (unpaired) electrons. The van der Waals surface area contributed by atoms with Gasteiger partial charge in [0.05, 0.1) is 20.6 Å². The van der Waals surface area contributed by atoms with E-state index in [9.17, 15) is 9.59 Å². The summed E-state index contributed by atoms with van der Waals surface area (Å²) in [6.45, 7) is 0. The van der Waals surface area contributed by atoms with Gasteiger partial charge in [-0.2, -0.15) is 4.99 Å². The van der Waals surface area contributed by atoms with Crippen molar-refractivity contribution in [1.29, 1.82) is 0 Å². The average molecular weight is 461 g/mol. The first-order chi connectivity index (χ1) is 15.9. The standard InChI is InChI=1S/C14H25NO.C11H15N3O3/c16-14(15-13-8-4-5-9-13)11-10-12-6-2-1-3-7-12;1-16-8-4-3-7(5-9(8)17-2)6-10(15)14-11(12)13/h12-13H,1-11H2,(H,15,16);3-5H,6H2,1-2H3,(H4,12,13,14,15). The molecular weight excluding hydrogens is 420 g/mol. The third kappa shape index (κ3) is 10.1. The Hall–Kier alpha value is -2.77. The van der Waals surface area contributed by atoms with Gasteiger partial charge in [0, 0.05) is 12.5 Å². The van der Waals surface area contributed by atoms with Crippen LogP contribution in [0.4, 0.5) is 0 Å². The van der Waals surface area contributed by atoms with E-state index in [4.69, 9.17) is 20.9 Å². The molecular formula is C25H40N4O4. The van der Waals surface area contributed by atoms with Gasteiger partial charge >= 0.3 is 0 Å². The fourth-order valence-electron chi connectivity index (χ4n) is 4.53. The number of nitrogens with two attached hydrogens (primary N) is 2. The number of guanidine groups is 1. The van der Waals surface area contributed by atoms with E-state index < -0.39 is 5.91 Å². The van der Waals surface area contributed by atoms with E-state index in [0.29, 0.717) is 23.4 Å². The number of benzene rings is 1. The molecule has 0 atom stereocenters. The van der Waals surface area contributed by atoms with Crippen LogP contribution in [0.3, 0.4) is 0 Å². The Morgan fingerprint density at radius 1 is 0.970 bits per heavy atom. The molecule has 2 aliphatic carbocycles. The first kappa shape index (κ1) is 26.5. The van der Waals surface area contributed by atoms with E-state index in [0.717, 1.165) is 24.3 Å². The normalized spacial score (nSPS) is 16.3. The maximum absolute atomic E-state index is 11.7. The third-order valence-corrected chi connectivity index (χ3v) is 6.28.